The number of imidazole rings is 1. The number of hydrogen-bond donors (Lipinski definition) is 1. The molecule has 1 aromatic carbocycles. The van der Waals surface area contributed by atoms with E-state index in [4.69, 9.17) is 21.3 Å². The lowest BCUT2D eigenvalue weighted by atomic mass is 9.81. The van der Waals surface area contributed by atoms with Gasteiger partial charge in [-0.2, -0.15) is 0 Å². The van der Waals surface area contributed by atoms with Crippen molar-refractivity contribution >= 4 is 24.6 Å². The predicted octanol–water partition coefficient (Wildman–Crippen LogP) is 3.26. The molecule has 0 spiro atoms. The van der Waals surface area contributed by atoms with Crippen LogP contribution in [0.3, 0.4) is 0 Å². The van der Waals surface area contributed by atoms with Crippen LogP contribution in [0.1, 0.15) is 41.4 Å². The lowest BCUT2D eigenvalue weighted by molar-refractivity contribution is -0.139. The number of pyridine rings is 1. The van der Waals surface area contributed by atoms with Crippen LogP contribution in [0.25, 0.3) is 0 Å². The summed E-state index contributed by atoms with van der Waals surface area (Å²) in [7, 11) is -0.723. The van der Waals surface area contributed by atoms with E-state index in [9.17, 15) is 9.82 Å². The number of ether oxygens (including phenoxy) is 1. The molecule has 1 amide bonds. The van der Waals surface area contributed by atoms with E-state index in [1.165, 1.54) is 0 Å². The predicted molar refractivity (Wildman–Crippen MR) is 154 cm³/mol. The molecule has 0 bridgehead atoms. The van der Waals surface area contributed by atoms with Gasteiger partial charge in [-0.25, -0.2) is 4.98 Å². The first-order valence-electron chi connectivity index (χ1n) is 14.2. The van der Waals surface area contributed by atoms with Gasteiger partial charge in [0.1, 0.15) is 12.4 Å². The summed E-state index contributed by atoms with van der Waals surface area (Å²) >= 11 is 6.34. The average molecular weight is 563 g/mol. The smallest absolute Gasteiger partial charge is 0.377 e. The molecule has 11 heteroatoms. The topological polar surface area (TPSA) is 87.0 Å². The zero-order valence-electron chi connectivity index (χ0n) is 23.1. The summed E-state index contributed by atoms with van der Waals surface area (Å²) in [6.07, 6.45) is 7.80. The highest BCUT2D eigenvalue weighted by atomic mass is 35.5. The van der Waals surface area contributed by atoms with Gasteiger partial charge in [-0.1, -0.05) is 23.7 Å². The minimum atomic E-state index is -0.723. The van der Waals surface area contributed by atoms with E-state index in [1.807, 2.05) is 59.5 Å². The van der Waals surface area contributed by atoms with Gasteiger partial charge < -0.3 is 24.0 Å². The van der Waals surface area contributed by atoms with E-state index >= 15 is 0 Å². The molecule has 0 aliphatic carbocycles. The van der Waals surface area contributed by atoms with Crippen molar-refractivity contribution in [3.8, 4) is 5.75 Å². The Hall–Kier alpha value is -2.92. The third-order valence-corrected chi connectivity index (χ3v) is 8.72. The number of carbonyl (C=O) groups is 1. The second-order valence-electron chi connectivity index (χ2n) is 11.3. The molecule has 5 heterocycles. The number of amides is 1. The van der Waals surface area contributed by atoms with E-state index in [0.717, 1.165) is 54.2 Å². The van der Waals surface area contributed by atoms with Crippen molar-refractivity contribution in [1.82, 2.24) is 29.1 Å². The fourth-order valence-corrected chi connectivity index (χ4v) is 6.73. The number of benzene rings is 1. The fourth-order valence-electron chi connectivity index (χ4n) is 6.57. The number of halogens is 1. The monoisotopic (exact) mass is 562 g/mol. The third-order valence-electron chi connectivity index (χ3n) is 8.48. The Kier molecular flexibility index (Phi) is 7.85. The first kappa shape index (κ1) is 27.3. The van der Waals surface area contributed by atoms with Crippen molar-refractivity contribution in [2.75, 3.05) is 32.7 Å². The van der Waals surface area contributed by atoms with Crippen molar-refractivity contribution in [3.05, 3.63) is 76.6 Å². The van der Waals surface area contributed by atoms with Crippen molar-refractivity contribution < 1.29 is 14.6 Å². The van der Waals surface area contributed by atoms with Crippen LogP contribution in [0.4, 0.5) is 0 Å². The van der Waals surface area contributed by atoms with Crippen molar-refractivity contribution in [3.63, 3.8) is 0 Å². The van der Waals surface area contributed by atoms with Crippen LogP contribution in [0.5, 0.6) is 5.75 Å². The summed E-state index contributed by atoms with van der Waals surface area (Å²) < 4.78 is 8.31. The van der Waals surface area contributed by atoms with E-state index in [-0.39, 0.29) is 11.9 Å². The number of hydrogen-bond acceptors (Lipinski definition) is 7. The van der Waals surface area contributed by atoms with Crippen LogP contribution < -0.4 is 4.74 Å². The molecule has 3 atom stereocenters. The second-order valence-corrected chi connectivity index (χ2v) is 11.7. The highest BCUT2D eigenvalue weighted by Gasteiger charge is 2.42. The molecule has 3 aliphatic rings. The minimum absolute atomic E-state index is 0.0829. The number of aromatic nitrogens is 3. The molecule has 0 unspecified atom stereocenters. The van der Waals surface area contributed by atoms with Crippen molar-refractivity contribution in [2.24, 2.45) is 5.92 Å². The van der Waals surface area contributed by atoms with Gasteiger partial charge in [0.05, 0.1) is 29.8 Å². The Labute approximate surface area is 240 Å². The van der Waals surface area contributed by atoms with Gasteiger partial charge in [0.15, 0.2) is 0 Å². The maximum absolute atomic E-state index is 14.2. The Morgan fingerprint density at radius 3 is 2.88 bits per heavy atom. The van der Waals surface area contributed by atoms with Gasteiger partial charge in [0, 0.05) is 67.8 Å². The number of carbonyl (C=O) groups excluding carboxylic acids is 1. The molecule has 2 aromatic heterocycles. The second kappa shape index (κ2) is 11.5. The van der Waals surface area contributed by atoms with Crippen LogP contribution in [-0.2, 0) is 17.9 Å². The number of rotatable bonds is 5. The number of piperazine rings is 1. The summed E-state index contributed by atoms with van der Waals surface area (Å²) in [5.41, 5.74) is 3.96. The van der Waals surface area contributed by atoms with Crippen LogP contribution in [0.2, 0.25) is 11.8 Å². The van der Waals surface area contributed by atoms with Crippen molar-refractivity contribution in [1.29, 1.82) is 0 Å². The Morgan fingerprint density at radius 1 is 1.20 bits per heavy atom. The quantitative estimate of drug-likeness (QED) is 0.478. The molecule has 3 aromatic rings. The van der Waals surface area contributed by atoms with Gasteiger partial charge >= 0.3 is 7.05 Å². The first-order chi connectivity index (χ1) is 19.4. The third kappa shape index (κ3) is 5.50. The molecule has 2 fully saturated rings. The largest absolute Gasteiger partial charge is 0.488 e. The number of aryl methyl sites for hydroxylation is 1. The number of fused-ring (bicyclic) bond motifs is 2. The zero-order chi connectivity index (χ0) is 27.8. The van der Waals surface area contributed by atoms with E-state index < -0.39 is 13.1 Å². The summed E-state index contributed by atoms with van der Waals surface area (Å²) in [5.74, 6) is 1.20. The van der Waals surface area contributed by atoms with Gasteiger partial charge in [0.2, 0.25) is 5.91 Å². The van der Waals surface area contributed by atoms with E-state index in [1.54, 1.807) is 6.82 Å². The molecule has 210 valence electrons. The lowest BCUT2D eigenvalue weighted by Gasteiger charge is -2.46. The summed E-state index contributed by atoms with van der Waals surface area (Å²) in [6.45, 7) is 8.20. The van der Waals surface area contributed by atoms with Crippen LogP contribution in [-0.4, -0.2) is 85.9 Å². The van der Waals surface area contributed by atoms with Gasteiger partial charge in [-0.3, -0.25) is 14.7 Å². The zero-order valence-corrected chi connectivity index (χ0v) is 23.9. The molecule has 2 saturated heterocycles. The van der Waals surface area contributed by atoms with Gasteiger partial charge in [-0.15, -0.1) is 0 Å². The first-order valence-corrected chi connectivity index (χ1v) is 14.6. The lowest BCUT2D eigenvalue weighted by Crippen LogP contribution is -2.64. The van der Waals surface area contributed by atoms with Gasteiger partial charge in [-0.05, 0) is 50.7 Å². The fraction of sp³-hybridized carbons (Fsp3) is 0.483. The molecular formula is C29H36BClN6O3. The molecule has 0 radical (unpaired) electrons. The average Bonchev–Trinajstić information content (AvgIpc) is 3.29. The highest BCUT2D eigenvalue weighted by Crippen LogP contribution is 2.40. The highest BCUT2D eigenvalue weighted by molar-refractivity contribution is 6.45. The Bertz CT molecular complexity index is 1370. The summed E-state index contributed by atoms with van der Waals surface area (Å²) in [6, 6.07) is 9.09. The summed E-state index contributed by atoms with van der Waals surface area (Å²) in [5, 5.41) is 11.3. The van der Waals surface area contributed by atoms with Crippen molar-refractivity contribution in [2.45, 2.75) is 51.8 Å². The Balaban J connectivity index is 1.27. The minimum Gasteiger partial charge on any atom is -0.488 e. The maximum atomic E-state index is 14.2. The van der Waals surface area contributed by atoms with E-state index in [2.05, 4.69) is 20.6 Å². The Morgan fingerprint density at radius 2 is 2.08 bits per heavy atom. The molecule has 6 rings (SSSR count). The molecular weight excluding hydrogens is 527 g/mol. The van der Waals surface area contributed by atoms with Crippen LogP contribution in [0, 0.1) is 12.8 Å². The van der Waals surface area contributed by atoms with Crippen LogP contribution in [0.15, 0.2) is 49.1 Å². The molecule has 40 heavy (non-hydrogen) atoms. The molecule has 1 N–H and O–H groups in total. The standard InChI is InChI=1S/C29H36BClN6O3/c1-20-14-34(19-33-20)15-21-5-4-10-36(16-21)29(38)25-17-35(11-12-37(25)30(2)39)28-24-8-7-23(31)13-26(24)40-18-22-6-3-9-32-27(22)28/h3,6-9,13-14,19,21,25,28,39H,4-5,10-12,15-18H2,1-2H3/t21-,25+,28+/m0/s1. The SMILES string of the molecule is CB(O)N1CCN([C@@H]2c3ccc(Cl)cc3OCc3cccnc32)C[C@@H]1C(=O)N1CCC[C@@H](Cn2cnc(C)c2)C1. The van der Waals surface area contributed by atoms with Gasteiger partial charge in [0.25, 0.3) is 0 Å². The van der Waals surface area contributed by atoms with E-state index in [0.29, 0.717) is 43.7 Å². The molecule has 0 saturated carbocycles. The summed E-state index contributed by atoms with van der Waals surface area (Å²) in [4.78, 5) is 29.6. The number of likely N-dealkylation sites (tertiary alicyclic amines) is 1. The number of piperidine rings is 1. The maximum Gasteiger partial charge on any atom is 0.377 e. The molecule has 3 aliphatic heterocycles. The van der Waals surface area contributed by atoms with Crippen LogP contribution >= 0.6 is 11.6 Å². The number of nitrogens with zero attached hydrogens (tertiary/aromatic N) is 6. The molecule has 9 nitrogen and oxygen atoms in total. The normalized spacial score (nSPS) is 23.6.